The van der Waals surface area contributed by atoms with E-state index >= 15 is 0 Å². The number of carbonyl (C=O) groups excluding carboxylic acids is 1. The molecule has 0 aliphatic carbocycles. The van der Waals surface area contributed by atoms with Crippen molar-refractivity contribution in [3.63, 3.8) is 0 Å². The van der Waals surface area contributed by atoms with Crippen molar-refractivity contribution < 1.29 is 9.53 Å². The van der Waals surface area contributed by atoms with Gasteiger partial charge in [-0.3, -0.25) is 5.32 Å². The molecule has 1 aromatic carbocycles. The molecule has 18 heavy (non-hydrogen) atoms. The molecule has 0 saturated heterocycles. The van der Waals surface area contributed by atoms with Crippen LogP contribution in [0.1, 0.15) is 31.9 Å². The van der Waals surface area contributed by atoms with Crippen LogP contribution in [0.5, 0.6) is 0 Å². The van der Waals surface area contributed by atoms with Gasteiger partial charge in [0.15, 0.2) is 0 Å². The van der Waals surface area contributed by atoms with E-state index in [1.54, 1.807) is 26.8 Å². The first-order valence-electron chi connectivity index (χ1n) is 5.60. The van der Waals surface area contributed by atoms with E-state index < -0.39 is 11.7 Å². The van der Waals surface area contributed by atoms with Gasteiger partial charge < -0.3 is 10.5 Å². The summed E-state index contributed by atoms with van der Waals surface area (Å²) < 4.78 is 5.18. The largest absolute Gasteiger partial charge is 0.444 e. The minimum atomic E-state index is -0.544. The number of aryl methyl sites for hydroxylation is 1. The van der Waals surface area contributed by atoms with Crippen molar-refractivity contribution in [3.05, 3.63) is 29.3 Å². The van der Waals surface area contributed by atoms with E-state index in [2.05, 4.69) is 5.32 Å². The van der Waals surface area contributed by atoms with Crippen LogP contribution in [-0.4, -0.2) is 16.7 Å². The average molecular weight is 266 g/mol. The maximum absolute atomic E-state index is 11.7. The first-order valence-corrected chi connectivity index (χ1v) is 6.01. The molecular weight excluding hydrogens is 248 g/mol. The van der Waals surface area contributed by atoms with Gasteiger partial charge in [-0.15, -0.1) is 0 Å². The minimum Gasteiger partial charge on any atom is -0.444 e. The number of anilines is 1. The highest BCUT2D eigenvalue weighted by molar-refractivity contribution is 7.80. The molecule has 5 heteroatoms. The smallest absolute Gasteiger partial charge is 0.412 e. The molecule has 4 nitrogen and oxygen atoms in total. The van der Waals surface area contributed by atoms with Gasteiger partial charge in [0.05, 0.1) is 5.69 Å². The Morgan fingerprint density at radius 2 is 2.00 bits per heavy atom. The van der Waals surface area contributed by atoms with Crippen molar-refractivity contribution in [1.29, 1.82) is 0 Å². The first-order chi connectivity index (χ1) is 8.20. The van der Waals surface area contributed by atoms with E-state index in [1.807, 2.05) is 19.1 Å². The summed E-state index contributed by atoms with van der Waals surface area (Å²) in [7, 11) is 0. The number of benzene rings is 1. The topological polar surface area (TPSA) is 64.3 Å². The second-order valence-corrected chi connectivity index (χ2v) is 5.43. The number of nitrogens with two attached hydrogens (primary N) is 1. The van der Waals surface area contributed by atoms with Crippen LogP contribution >= 0.6 is 12.2 Å². The van der Waals surface area contributed by atoms with Crippen LogP contribution in [0.4, 0.5) is 10.5 Å². The normalized spacial score (nSPS) is 10.9. The summed E-state index contributed by atoms with van der Waals surface area (Å²) >= 11 is 4.99. The van der Waals surface area contributed by atoms with Gasteiger partial charge >= 0.3 is 6.09 Å². The van der Waals surface area contributed by atoms with Gasteiger partial charge in [-0.2, -0.15) is 0 Å². The van der Waals surface area contributed by atoms with E-state index in [0.717, 1.165) is 5.56 Å². The molecule has 0 aliphatic heterocycles. The third kappa shape index (κ3) is 4.00. The Labute approximate surface area is 113 Å². The summed E-state index contributed by atoms with van der Waals surface area (Å²) in [6.07, 6.45) is -0.523. The number of ether oxygens (including phenoxy) is 1. The molecule has 0 heterocycles. The van der Waals surface area contributed by atoms with Crippen LogP contribution < -0.4 is 11.1 Å². The molecule has 1 amide bonds. The lowest BCUT2D eigenvalue weighted by Gasteiger charge is -2.20. The van der Waals surface area contributed by atoms with E-state index in [1.165, 1.54) is 0 Å². The van der Waals surface area contributed by atoms with Gasteiger partial charge in [0.1, 0.15) is 10.6 Å². The average Bonchev–Trinajstić information content (AvgIpc) is 2.13. The van der Waals surface area contributed by atoms with Gasteiger partial charge in [-0.1, -0.05) is 24.4 Å². The van der Waals surface area contributed by atoms with Crippen LogP contribution in [-0.2, 0) is 4.74 Å². The summed E-state index contributed by atoms with van der Waals surface area (Å²) in [6, 6.07) is 5.45. The summed E-state index contributed by atoms with van der Waals surface area (Å²) in [5.41, 5.74) is 7.26. The zero-order chi connectivity index (χ0) is 13.9. The Balaban J connectivity index is 2.95. The number of rotatable bonds is 2. The molecule has 0 radical (unpaired) electrons. The molecule has 1 rings (SSSR count). The maximum Gasteiger partial charge on any atom is 0.412 e. The van der Waals surface area contributed by atoms with E-state index in [0.29, 0.717) is 11.3 Å². The van der Waals surface area contributed by atoms with Crippen LogP contribution in [0.3, 0.4) is 0 Å². The number of carbonyl (C=O) groups is 1. The molecule has 0 aliphatic rings. The van der Waals surface area contributed by atoms with Gasteiger partial charge in [0.2, 0.25) is 0 Å². The van der Waals surface area contributed by atoms with Crippen LogP contribution in [0.15, 0.2) is 18.2 Å². The second kappa shape index (κ2) is 5.35. The van der Waals surface area contributed by atoms with Crippen molar-refractivity contribution in [2.45, 2.75) is 33.3 Å². The Hall–Kier alpha value is -1.62. The van der Waals surface area contributed by atoms with Crippen molar-refractivity contribution >= 4 is 29.0 Å². The molecule has 0 aromatic heterocycles. The number of nitrogens with one attached hydrogen (secondary N) is 1. The van der Waals surface area contributed by atoms with Crippen molar-refractivity contribution in [1.82, 2.24) is 0 Å². The summed E-state index contributed by atoms with van der Waals surface area (Å²) in [4.78, 5) is 11.9. The summed E-state index contributed by atoms with van der Waals surface area (Å²) in [6.45, 7) is 7.29. The third-order valence-electron chi connectivity index (χ3n) is 2.15. The molecule has 0 bridgehead atoms. The zero-order valence-corrected chi connectivity index (χ0v) is 11.9. The predicted octanol–water partition coefficient (Wildman–Crippen LogP) is 2.98. The van der Waals surface area contributed by atoms with Crippen LogP contribution in [0.25, 0.3) is 0 Å². The predicted molar refractivity (Wildman–Crippen MR) is 76.9 cm³/mol. The van der Waals surface area contributed by atoms with Gasteiger partial charge in [-0.25, -0.2) is 4.79 Å². The molecule has 1 aromatic rings. The monoisotopic (exact) mass is 266 g/mol. The molecule has 3 N–H and O–H groups in total. The molecule has 0 atom stereocenters. The first kappa shape index (κ1) is 14.4. The fourth-order valence-electron chi connectivity index (χ4n) is 1.51. The van der Waals surface area contributed by atoms with E-state index in [9.17, 15) is 4.79 Å². The highest BCUT2D eigenvalue weighted by Crippen LogP contribution is 2.20. The van der Waals surface area contributed by atoms with E-state index in [-0.39, 0.29) is 4.99 Å². The number of hydrogen-bond donors (Lipinski definition) is 2. The number of thiocarbonyl (C=S) groups is 1. The van der Waals surface area contributed by atoms with Crippen molar-refractivity contribution in [3.8, 4) is 0 Å². The lowest BCUT2D eigenvalue weighted by molar-refractivity contribution is 0.0636. The maximum atomic E-state index is 11.7. The summed E-state index contributed by atoms with van der Waals surface area (Å²) in [5.74, 6) is 0. The zero-order valence-electron chi connectivity index (χ0n) is 11.0. The molecule has 98 valence electrons. The van der Waals surface area contributed by atoms with Crippen LogP contribution in [0, 0.1) is 6.92 Å². The Bertz CT molecular complexity index is 478. The van der Waals surface area contributed by atoms with Crippen LogP contribution in [0.2, 0.25) is 0 Å². The molecular formula is C13H18N2O2S. The highest BCUT2D eigenvalue weighted by atomic mass is 32.1. The molecule has 0 fully saturated rings. The molecule has 0 unspecified atom stereocenters. The van der Waals surface area contributed by atoms with Crippen molar-refractivity contribution in [2.75, 3.05) is 5.32 Å². The molecule has 0 saturated carbocycles. The number of amides is 1. The second-order valence-electron chi connectivity index (χ2n) is 4.99. The van der Waals surface area contributed by atoms with Gasteiger partial charge in [0.25, 0.3) is 0 Å². The standard InChI is InChI=1S/C13H18N2O2S/c1-8-6-5-7-9(10(8)11(14)18)15-12(16)17-13(2,3)4/h5-7H,1-4H3,(H2,14,18)(H,15,16). The quantitative estimate of drug-likeness (QED) is 0.808. The SMILES string of the molecule is Cc1cccc(NC(=O)OC(C)(C)C)c1C(N)=S. The fraction of sp³-hybridized carbons (Fsp3) is 0.385. The summed E-state index contributed by atoms with van der Waals surface area (Å²) in [5, 5.41) is 2.66. The Kier molecular flexibility index (Phi) is 4.29. The van der Waals surface area contributed by atoms with Gasteiger partial charge in [-0.05, 0) is 39.3 Å². The lowest BCUT2D eigenvalue weighted by Crippen LogP contribution is -2.28. The fourth-order valence-corrected chi connectivity index (χ4v) is 1.78. The minimum absolute atomic E-state index is 0.249. The lowest BCUT2D eigenvalue weighted by atomic mass is 10.1. The Morgan fingerprint density at radius 3 is 2.50 bits per heavy atom. The third-order valence-corrected chi connectivity index (χ3v) is 2.36. The van der Waals surface area contributed by atoms with Crippen molar-refractivity contribution in [2.24, 2.45) is 5.73 Å². The molecule has 0 spiro atoms. The number of hydrogen-bond acceptors (Lipinski definition) is 3. The van der Waals surface area contributed by atoms with Gasteiger partial charge in [0, 0.05) is 5.56 Å². The Morgan fingerprint density at radius 1 is 1.39 bits per heavy atom. The highest BCUT2D eigenvalue weighted by Gasteiger charge is 2.18. The van der Waals surface area contributed by atoms with E-state index in [4.69, 9.17) is 22.7 Å².